The molecular formula is C17H22BN2O6-. The second-order valence-corrected chi connectivity index (χ2v) is 8.34. The van der Waals surface area contributed by atoms with Crippen LogP contribution in [-0.2, 0) is 0 Å². The summed E-state index contributed by atoms with van der Waals surface area (Å²) in [6.45, 7) is -0.776. The molecule has 1 aromatic carbocycles. The van der Waals surface area contributed by atoms with Crippen molar-refractivity contribution in [1.29, 1.82) is 0 Å². The van der Waals surface area contributed by atoms with E-state index >= 15 is 0 Å². The van der Waals surface area contributed by atoms with Gasteiger partial charge in [-0.1, -0.05) is 18.3 Å². The number of carboxylic acid groups (broad SMARTS) is 1. The second kappa shape index (κ2) is 5.13. The van der Waals surface area contributed by atoms with E-state index in [1.807, 2.05) is 0 Å². The van der Waals surface area contributed by atoms with Gasteiger partial charge in [-0.3, -0.25) is 4.90 Å². The van der Waals surface area contributed by atoms with Crippen LogP contribution in [-0.4, -0.2) is 64.1 Å². The van der Waals surface area contributed by atoms with Crippen molar-refractivity contribution in [2.45, 2.75) is 42.6 Å². The van der Waals surface area contributed by atoms with Gasteiger partial charge in [0.1, 0.15) is 17.4 Å². The smallest absolute Gasteiger partial charge is 0.434 e. The lowest BCUT2D eigenvalue weighted by atomic mass is 9.68. The van der Waals surface area contributed by atoms with Gasteiger partial charge in [0, 0.05) is 25.2 Å². The number of hydrogen-bond donors (Lipinski definition) is 4. The molecule has 1 aromatic rings. The van der Waals surface area contributed by atoms with Crippen molar-refractivity contribution in [3.05, 3.63) is 23.3 Å². The van der Waals surface area contributed by atoms with Gasteiger partial charge in [0.05, 0.1) is 5.75 Å². The Morgan fingerprint density at radius 2 is 2.12 bits per heavy atom. The molecule has 4 aliphatic rings. The van der Waals surface area contributed by atoms with E-state index in [2.05, 4.69) is 4.90 Å². The Balaban J connectivity index is 1.36. The summed E-state index contributed by atoms with van der Waals surface area (Å²) in [6.07, 6.45) is 2.59. The first-order valence-corrected chi connectivity index (χ1v) is 9.12. The zero-order valence-corrected chi connectivity index (χ0v) is 14.3. The van der Waals surface area contributed by atoms with Crippen molar-refractivity contribution >= 4 is 12.7 Å². The minimum absolute atomic E-state index is 0.0359. The van der Waals surface area contributed by atoms with Crippen LogP contribution in [0.3, 0.4) is 0 Å². The van der Waals surface area contributed by atoms with Crippen LogP contribution in [0, 0.1) is 0 Å². The van der Waals surface area contributed by atoms with Crippen molar-refractivity contribution in [3.63, 3.8) is 0 Å². The normalized spacial score (nSPS) is 30.4. The lowest BCUT2D eigenvalue weighted by Crippen LogP contribution is -2.57. The lowest BCUT2D eigenvalue weighted by molar-refractivity contribution is 0.0137. The predicted octanol–water partition coefficient (Wildman–Crippen LogP) is 0.112. The van der Waals surface area contributed by atoms with E-state index in [1.165, 1.54) is 0 Å². The lowest BCUT2D eigenvalue weighted by Gasteiger charge is -2.41. The molecule has 5 rings (SSSR count). The van der Waals surface area contributed by atoms with Crippen LogP contribution in [0.1, 0.15) is 41.1 Å². The van der Waals surface area contributed by atoms with Crippen LogP contribution in [0.2, 0.25) is 5.82 Å². The van der Waals surface area contributed by atoms with E-state index in [0.717, 1.165) is 24.9 Å². The van der Waals surface area contributed by atoms with Crippen molar-refractivity contribution < 1.29 is 29.3 Å². The highest BCUT2D eigenvalue weighted by molar-refractivity contribution is 6.62. The minimum Gasteiger partial charge on any atom is -0.669 e. The van der Waals surface area contributed by atoms with E-state index in [1.54, 1.807) is 12.1 Å². The summed E-state index contributed by atoms with van der Waals surface area (Å²) in [5.41, 5.74) is 6.66. The molecule has 2 aliphatic heterocycles. The van der Waals surface area contributed by atoms with Gasteiger partial charge in [-0.05, 0) is 30.4 Å². The molecule has 0 unspecified atom stereocenters. The molecule has 26 heavy (non-hydrogen) atoms. The number of aromatic carboxylic acids is 1. The van der Waals surface area contributed by atoms with Crippen molar-refractivity contribution in [2.24, 2.45) is 5.73 Å². The Labute approximate surface area is 150 Å². The maximum absolute atomic E-state index is 11.8. The van der Waals surface area contributed by atoms with Crippen molar-refractivity contribution in [3.8, 4) is 11.5 Å². The third kappa shape index (κ3) is 2.58. The summed E-state index contributed by atoms with van der Waals surface area (Å²) < 4.78 is 11.2. The fourth-order valence-corrected chi connectivity index (χ4v) is 4.28. The zero-order valence-electron chi connectivity index (χ0n) is 14.3. The van der Waals surface area contributed by atoms with Gasteiger partial charge in [-0.25, -0.2) is 4.79 Å². The van der Waals surface area contributed by atoms with E-state index in [4.69, 9.17) is 15.1 Å². The van der Waals surface area contributed by atoms with Crippen LogP contribution >= 0.6 is 0 Å². The molecule has 9 heteroatoms. The molecule has 0 bridgehead atoms. The molecule has 2 saturated carbocycles. The van der Waals surface area contributed by atoms with E-state index in [0.29, 0.717) is 19.5 Å². The number of ether oxygens (including phenoxy) is 1. The third-order valence-corrected chi connectivity index (χ3v) is 6.10. The number of nitrogens with zero attached hydrogens (tertiary/aromatic N) is 1. The van der Waals surface area contributed by atoms with Crippen LogP contribution in [0.15, 0.2) is 12.1 Å². The standard InChI is InChI=1S/C17H22BN2O6/c19-17(3-4-17)8-20-6-9(7-20)25-13-2-1-10-11-5-12(11)18(23,24)26-15(10)14(13)16(21)22/h1-2,9,11-12,23-24H,3-8,19H2,(H,21,22)/q-1/t11-,12-/m1/s1. The molecule has 8 nitrogen and oxygen atoms in total. The quantitative estimate of drug-likeness (QED) is 0.545. The highest BCUT2D eigenvalue weighted by atomic mass is 16.6. The van der Waals surface area contributed by atoms with E-state index in [9.17, 15) is 19.9 Å². The molecule has 0 aromatic heterocycles. The summed E-state index contributed by atoms with van der Waals surface area (Å²) in [5.74, 6) is -1.35. The molecule has 2 atom stereocenters. The van der Waals surface area contributed by atoms with Crippen LogP contribution < -0.4 is 15.1 Å². The van der Waals surface area contributed by atoms with Crippen molar-refractivity contribution in [1.82, 2.24) is 4.90 Å². The number of rotatable bonds is 5. The first kappa shape index (κ1) is 16.4. The Morgan fingerprint density at radius 1 is 1.38 bits per heavy atom. The summed E-state index contributed by atoms with van der Waals surface area (Å²) in [5, 5.41) is 29.8. The summed E-state index contributed by atoms with van der Waals surface area (Å²) in [4.78, 5) is 14.0. The zero-order chi connectivity index (χ0) is 18.3. The van der Waals surface area contributed by atoms with Gasteiger partial charge in [-0.15, -0.1) is 0 Å². The number of likely N-dealkylation sites (tertiary alicyclic amines) is 1. The molecule has 140 valence electrons. The average Bonchev–Trinajstić information content (AvgIpc) is 3.40. The van der Waals surface area contributed by atoms with E-state index < -0.39 is 12.7 Å². The molecule has 2 heterocycles. The molecule has 0 amide bonds. The molecule has 0 radical (unpaired) electrons. The second-order valence-electron chi connectivity index (χ2n) is 8.34. The number of benzene rings is 1. The first-order valence-electron chi connectivity index (χ1n) is 9.12. The van der Waals surface area contributed by atoms with Crippen LogP contribution in [0.5, 0.6) is 11.5 Å². The molecule has 0 spiro atoms. The minimum atomic E-state index is -3.02. The number of nitrogens with two attached hydrogens (primary N) is 1. The fraction of sp³-hybridized carbons (Fsp3) is 0.588. The van der Waals surface area contributed by atoms with E-state index in [-0.39, 0.29) is 40.4 Å². The highest BCUT2D eigenvalue weighted by Crippen LogP contribution is 2.63. The number of fused-ring (bicyclic) bond motifs is 3. The molecule has 1 saturated heterocycles. The highest BCUT2D eigenvalue weighted by Gasteiger charge is 2.55. The van der Waals surface area contributed by atoms with Crippen molar-refractivity contribution in [2.75, 3.05) is 19.6 Å². The predicted molar refractivity (Wildman–Crippen MR) is 92.3 cm³/mol. The summed E-state index contributed by atoms with van der Waals surface area (Å²) >= 11 is 0. The maximum Gasteiger partial charge on any atom is 0.434 e. The van der Waals surface area contributed by atoms with Crippen LogP contribution in [0.25, 0.3) is 0 Å². The molecule has 5 N–H and O–H groups in total. The van der Waals surface area contributed by atoms with Gasteiger partial charge in [-0.2, -0.15) is 0 Å². The largest absolute Gasteiger partial charge is 0.669 e. The van der Waals surface area contributed by atoms with Crippen LogP contribution in [0.4, 0.5) is 0 Å². The Hall–Kier alpha value is -1.81. The monoisotopic (exact) mass is 361 g/mol. The Kier molecular flexibility index (Phi) is 3.23. The average molecular weight is 361 g/mol. The SMILES string of the molecule is NC1(CN2CC(Oc3ccc4c(c3C(=O)O)O[B-](O)(O)[C@@H]3C[C@H]43)C2)CC1. The number of hydrogen-bond acceptors (Lipinski definition) is 7. The number of carbonyl (C=O) groups is 1. The van der Waals surface area contributed by atoms with Gasteiger partial charge in [0.2, 0.25) is 0 Å². The van der Waals surface area contributed by atoms with Gasteiger partial charge < -0.3 is 30.3 Å². The van der Waals surface area contributed by atoms with Gasteiger partial charge >= 0.3 is 12.7 Å². The Morgan fingerprint density at radius 3 is 2.77 bits per heavy atom. The topological polar surface area (TPSA) is 125 Å². The molecule has 2 aliphatic carbocycles. The van der Waals surface area contributed by atoms with Gasteiger partial charge in [0.25, 0.3) is 0 Å². The number of carboxylic acids is 1. The first-order chi connectivity index (χ1) is 12.3. The van der Waals surface area contributed by atoms with Gasteiger partial charge in [0.15, 0.2) is 0 Å². The molecule has 3 fully saturated rings. The molecular weight excluding hydrogens is 339 g/mol. The maximum atomic E-state index is 11.8. The fourth-order valence-electron chi connectivity index (χ4n) is 4.28. The third-order valence-electron chi connectivity index (χ3n) is 6.10. The summed E-state index contributed by atoms with van der Waals surface area (Å²) in [6, 6.07) is 3.44. The summed E-state index contributed by atoms with van der Waals surface area (Å²) in [7, 11) is 0. The Bertz CT molecular complexity index is 790.